The van der Waals surface area contributed by atoms with Gasteiger partial charge in [-0.05, 0) is 62.2 Å². The zero-order valence-corrected chi connectivity index (χ0v) is 28.0. The van der Waals surface area contributed by atoms with Crippen molar-refractivity contribution in [2.75, 3.05) is 0 Å². The molecule has 0 amide bonds. The van der Waals surface area contributed by atoms with E-state index in [0.717, 1.165) is 33.8 Å². The topological polar surface area (TPSA) is 9.23 Å². The van der Waals surface area contributed by atoms with E-state index >= 15 is 0 Å². The van der Waals surface area contributed by atoms with Gasteiger partial charge in [0.15, 0.2) is 0 Å². The molecular formula is C50H34O. The average Bonchev–Trinajstić information content (AvgIpc) is 3.51. The van der Waals surface area contributed by atoms with Gasteiger partial charge < -0.3 is 4.74 Å². The van der Waals surface area contributed by atoms with Crippen molar-refractivity contribution in [3.05, 3.63) is 251 Å². The molecule has 0 radical (unpaired) electrons. The lowest BCUT2D eigenvalue weighted by atomic mass is 9.63. The van der Waals surface area contributed by atoms with E-state index in [9.17, 15) is 0 Å². The van der Waals surface area contributed by atoms with Crippen LogP contribution >= 0.6 is 0 Å². The van der Waals surface area contributed by atoms with Crippen molar-refractivity contribution < 1.29 is 4.74 Å². The van der Waals surface area contributed by atoms with Crippen LogP contribution in [-0.4, -0.2) is 0 Å². The van der Waals surface area contributed by atoms with E-state index in [-0.39, 0.29) is 0 Å². The van der Waals surface area contributed by atoms with Crippen molar-refractivity contribution in [3.63, 3.8) is 0 Å². The summed E-state index contributed by atoms with van der Waals surface area (Å²) in [5, 5.41) is 0. The van der Waals surface area contributed by atoms with Crippen LogP contribution in [0, 0.1) is 0 Å². The fourth-order valence-corrected chi connectivity index (χ4v) is 9.07. The van der Waals surface area contributed by atoms with Gasteiger partial charge in [-0.15, -0.1) is 0 Å². The largest absolute Gasteiger partial charge is 0.456 e. The summed E-state index contributed by atoms with van der Waals surface area (Å²) in [6.07, 6.45) is 0. The minimum atomic E-state index is -0.568. The van der Waals surface area contributed by atoms with Crippen molar-refractivity contribution in [1.29, 1.82) is 0 Å². The number of hydrogen-bond acceptors (Lipinski definition) is 1. The molecule has 0 unspecified atom stereocenters. The summed E-state index contributed by atoms with van der Waals surface area (Å²) in [5.74, 6) is 1.77. The highest BCUT2D eigenvalue weighted by molar-refractivity contribution is 5.90. The van der Waals surface area contributed by atoms with Gasteiger partial charge in [-0.3, -0.25) is 0 Å². The summed E-state index contributed by atoms with van der Waals surface area (Å²) >= 11 is 0. The van der Waals surface area contributed by atoms with Crippen molar-refractivity contribution in [3.8, 4) is 33.8 Å². The highest BCUT2D eigenvalue weighted by atomic mass is 16.5. The molecule has 1 aliphatic heterocycles. The van der Waals surface area contributed by atoms with Gasteiger partial charge in [-0.1, -0.05) is 194 Å². The van der Waals surface area contributed by atoms with Crippen LogP contribution in [0.3, 0.4) is 0 Å². The zero-order valence-electron chi connectivity index (χ0n) is 28.0. The maximum absolute atomic E-state index is 7.03. The van der Waals surface area contributed by atoms with E-state index in [0.29, 0.717) is 0 Å². The smallest absolute Gasteiger partial charge is 0.140 e. The van der Waals surface area contributed by atoms with Crippen molar-refractivity contribution in [1.82, 2.24) is 0 Å². The Bertz CT molecular complexity index is 2460. The molecule has 0 saturated heterocycles. The second-order valence-corrected chi connectivity index (χ2v) is 13.6. The van der Waals surface area contributed by atoms with E-state index in [4.69, 9.17) is 4.74 Å². The molecule has 2 aliphatic rings. The van der Waals surface area contributed by atoms with E-state index < -0.39 is 10.8 Å². The molecule has 0 fully saturated rings. The summed E-state index contributed by atoms with van der Waals surface area (Å²) in [5.41, 5.74) is 13.6. The summed E-state index contributed by atoms with van der Waals surface area (Å²) in [6.45, 7) is 0. The SMILES string of the molecule is c1ccc(C2(c3ccccc3)c3ccccc3-c3cc(-c4cccc5c4Oc4ccccc4C5(c4ccccc4)c4ccccc4)ccc32)cc1. The molecule has 8 aromatic carbocycles. The Morgan fingerprint density at radius 3 is 1.31 bits per heavy atom. The van der Waals surface area contributed by atoms with Crippen LogP contribution in [0.5, 0.6) is 11.5 Å². The first-order chi connectivity index (χ1) is 25.3. The highest BCUT2D eigenvalue weighted by Gasteiger charge is 2.48. The summed E-state index contributed by atoms with van der Waals surface area (Å²) in [7, 11) is 0. The molecule has 1 nitrogen and oxygen atoms in total. The Hall–Kier alpha value is -6.44. The standard InChI is InChI=1S/C50H34O/c1-5-18-36(19-6-1)49(37-20-7-2-8-21-37)43-28-14-13-26-41(43)42-34-35(32-33-44(42)49)40-27-17-30-46-48(40)51-47-31-16-15-29-45(47)50(46,38-22-9-3-10-23-38)39-24-11-4-12-25-39/h1-34H. The van der Waals surface area contributed by atoms with Crippen LogP contribution in [0.1, 0.15) is 44.5 Å². The van der Waals surface area contributed by atoms with Crippen molar-refractivity contribution in [2.24, 2.45) is 0 Å². The Morgan fingerprint density at radius 1 is 0.294 bits per heavy atom. The maximum atomic E-state index is 7.03. The number of benzene rings is 8. The molecular weight excluding hydrogens is 617 g/mol. The van der Waals surface area contributed by atoms with Crippen molar-refractivity contribution in [2.45, 2.75) is 10.8 Å². The quantitative estimate of drug-likeness (QED) is 0.180. The van der Waals surface area contributed by atoms with Gasteiger partial charge in [-0.2, -0.15) is 0 Å². The van der Waals surface area contributed by atoms with E-state index in [1.54, 1.807) is 0 Å². The summed E-state index contributed by atoms with van der Waals surface area (Å²) < 4.78 is 7.03. The van der Waals surface area contributed by atoms with Crippen LogP contribution in [0.15, 0.2) is 206 Å². The fraction of sp³-hybridized carbons (Fsp3) is 0.0400. The van der Waals surface area contributed by atoms with E-state index in [1.807, 2.05) is 0 Å². The monoisotopic (exact) mass is 650 g/mol. The number of hydrogen-bond donors (Lipinski definition) is 0. The third-order valence-electron chi connectivity index (χ3n) is 11.1. The van der Waals surface area contributed by atoms with Gasteiger partial charge in [0.05, 0.1) is 10.8 Å². The van der Waals surface area contributed by atoms with E-state index in [2.05, 4.69) is 206 Å². The molecule has 10 rings (SSSR count). The van der Waals surface area contributed by atoms with Crippen LogP contribution < -0.4 is 4.74 Å². The zero-order chi connectivity index (χ0) is 33.8. The molecule has 0 atom stereocenters. The number of para-hydroxylation sites is 2. The number of fused-ring (bicyclic) bond motifs is 5. The maximum Gasteiger partial charge on any atom is 0.140 e. The molecule has 1 heterocycles. The molecule has 0 spiro atoms. The molecule has 0 aromatic heterocycles. The Balaban J connectivity index is 1.25. The summed E-state index contributed by atoms with van der Waals surface area (Å²) in [4.78, 5) is 0. The lowest BCUT2D eigenvalue weighted by Crippen LogP contribution is -2.34. The third-order valence-corrected chi connectivity index (χ3v) is 11.1. The van der Waals surface area contributed by atoms with Gasteiger partial charge in [0.25, 0.3) is 0 Å². The minimum absolute atomic E-state index is 0.436. The van der Waals surface area contributed by atoms with Crippen LogP contribution in [0.25, 0.3) is 22.3 Å². The number of ether oxygens (including phenoxy) is 1. The van der Waals surface area contributed by atoms with Gasteiger partial charge in [-0.25, -0.2) is 0 Å². The fourth-order valence-electron chi connectivity index (χ4n) is 9.07. The predicted molar refractivity (Wildman–Crippen MR) is 208 cm³/mol. The van der Waals surface area contributed by atoms with E-state index in [1.165, 1.54) is 44.5 Å². The first-order valence-electron chi connectivity index (χ1n) is 17.7. The van der Waals surface area contributed by atoms with Gasteiger partial charge >= 0.3 is 0 Å². The predicted octanol–water partition coefficient (Wildman–Crippen LogP) is 12.2. The first-order valence-corrected chi connectivity index (χ1v) is 17.7. The van der Waals surface area contributed by atoms with Gasteiger partial charge in [0.1, 0.15) is 11.5 Å². The van der Waals surface area contributed by atoms with Crippen molar-refractivity contribution >= 4 is 0 Å². The molecule has 51 heavy (non-hydrogen) atoms. The lowest BCUT2D eigenvalue weighted by Gasteiger charge is -2.42. The minimum Gasteiger partial charge on any atom is -0.456 e. The Labute approximate surface area is 299 Å². The molecule has 240 valence electrons. The highest BCUT2D eigenvalue weighted by Crippen LogP contribution is 2.59. The molecule has 1 aliphatic carbocycles. The third kappa shape index (κ3) is 4.16. The second kappa shape index (κ2) is 11.6. The van der Waals surface area contributed by atoms with Gasteiger partial charge in [0, 0.05) is 16.7 Å². The van der Waals surface area contributed by atoms with Crippen LogP contribution in [0.4, 0.5) is 0 Å². The normalized spacial score (nSPS) is 14.4. The van der Waals surface area contributed by atoms with Crippen LogP contribution in [0.2, 0.25) is 0 Å². The second-order valence-electron chi connectivity index (χ2n) is 13.6. The molecule has 1 heteroatoms. The Morgan fingerprint density at radius 2 is 0.725 bits per heavy atom. The molecule has 0 saturated carbocycles. The molecule has 8 aromatic rings. The number of rotatable bonds is 5. The average molecular weight is 651 g/mol. The van der Waals surface area contributed by atoms with Crippen LogP contribution in [-0.2, 0) is 10.8 Å². The van der Waals surface area contributed by atoms with Gasteiger partial charge in [0.2, 0.25) is 0 Å². The molecule has 0 bridgehead atoms. The lowest BCUT2D eigenvalue weighted by molar-refractivity contribution is 0.436. The molecule has 0 N–H and O–H groups in total. The summed E-state index contributed by atoms with van der Waals surface area (Å²) in [6, 6.07) is 75.0. The first kappa shape index (κ1) is 29.5. The Kier molecular flexibility index (Phi) is 6.69.